The van der Waals surface area contributed by atoms with E-state index in [0.717, 1.165) is 0 Å². The lowest BCUT2D eigenvalue weighted by molar-refractivity contribution is -0.134. The lowest BCUT2D eigenvalue weighted by Gasteiger charge is -2.20. The van der Waals surface area contributed by atoms with E-state index in [1.54, 1.807) is 24.3 Å². The minimum atomic E-state index is -1.69. The minimum Gasteiger partial charge on any atom is -0.395 e. The maximum absolute atomic E-state index is 12.5. The zero-order valence-electron chi connectivity index (χ0n) is 11.0. The lowest BCUT2D eigenvalue weighted by Crippen LogP contribution is -2.52. The number of anilines is 1. The highest BCUT2D eigenvalue weighted by atomic mass is 16.3. The van der Waals surface area contributed by atoms with Crippen molar-refractivity contribution in [3.05, 3.63) is 29.8 Å². The maximum atomic E-state index is 12.5. The normalized spacial score (nSPS) is 22.5. The van der Waals surface area contributed by atoms with Gasteiger partial charge in [-0.2, -0.15) is 0 Å². The molecule has 0 saturated carbocycles. The van der Waals surface area contributed by atoms with Crippen LogP contribution in [0.4, 0.5) is 10.5 Å². The van der Waals surface area contributed by atoms with Crippen LogP contribution in [-0.4, -0.2) is 42.9 Å². The summed E-state index contributed by atoms with van der Waals surface area (Å²) in [6.45, 7) is 1.84. The van der Waals surface area contributed by atoms with E-state index in [1.807, 2.05) is 6.79 Å². The van der Waals surface area contributed by atoms with Crippen molar-refractivity contribution in [1.29, 1.82) is 0 Å². The van der Waals surface area contributed by atoms with Gasteiger partial charge in [-0.1, -0.05) is 18.2 Å². The summed E-state index contributed by atoms with van der Waals surface area (Å²) in [5, 5.41) is 13.5. The van der Waals surface area contributed by atoms with Crippen LogP contribution < -0.4 is 15.5 Å². The minimum absolute atomic E-state index is 0.0702. The van der Waals surface area contributed by atoms with E-state index in [9.17, 15) is 14.4 Å². The van der Waals surface area contributed by atoms with Crippen LogP contribution in [-0.2, 0) is 19.9 Å². The first-order valence-electron chi connectivity index (χ1n) is 6.06. The van der Waals surface area contributed by atoms with Crippen LogP contribution in [0.5, 0.6) is 0 Å². The molecule has 4 amide bonds. The summed E-state index contributed by atoms with van der Waals surface area (Å²) in [6, 6.07) is 6.02. The summed E-state index contributed by atoms with van der Waals surface area (Å²) < 4.78 is 0. The maximum Gasteiger partial charge on any atom is 0.323 e. The van der Waals surface area contributed by atoms with Crippen molar-refractivity contribution in [3.8, 4) is 0 Å². The number of carbonyl (C=O) groups is 4. The predicted molar refractivity (Wildman–Crippen MR) is 71.4 cm³/mol. The summed E-state index contributed by atoms with van der Waals surface area (Å²) in [6.07, 6.45) is 0. The first-order valence-corrected chi connectivity index (χ1v) is 6.06. The van der Waals surface area contributed by atoms with Crippen molar-refractivity contribution in [1.82, 2.24) is 10.6 Å². The fourth-order valence-corrected chi connectivity index (χ4v) is 2.57. The van der Waals surface area contributed by atoms with E-state index in [-0.39, 0.29) is 13.2 Å². The number of urea groups is 1. The second-order valence-corrected chi connectivity index (χ2v) is 4.36. The van der Waals surface area contributed by atoms with Gasteiger partial charge in [-0.15, -0.1) is 0 Å². The van der Waals surface area contributed by atoms with E-state index in [4.69, 9.17) is 9.90 Å². The van der Waals surface area contributed by atoms with Crippen LogP contribution in [0.25, 0.3) is 0 Å². The van der Waals surface area contributed by atoms with Crippen LogP contribution >= 0.6 is 0 Å². The van der Waals surface area contributed by atoms with Gasteiger partial charge in [0.1, 0.15) is 6.79 Å². The molecule has 1 saturated heterocycles. The molecule has 0 aliphatic carbocycles. The molecule has 1 aromatic rings. The van der Waals surface area contributed by atoms with Gasteiger partial charge in [0.25, 0.3) is 11.8 Å². The molecule has 8 nitrogen and oxygen atoms in total. The molecule has 3 N–H and O–H groups in total. The second kappa shape index (κ2) is 5.33. The molecule has 3 rings (SSSR count). The van der Waals surface area contributed by atoms with E-state index < -0.39 is 23.4 Å². The number of fused-ring (bicyclic) bond motifs is 2. The Kier molecular flexibility index (Phi) is 3.72. The molecule has 1 spiro atoms. The molecule has 1 fully saturated rings. The van der Waals surface area contributed by atoms with Gasteiger partial charge < -0.3 is 20.1 Å². The Morgan fingerprint density at radius 3 is 2.43 bits per heavy atom. The molecule has 0 radical (unpaired) electrons. The molecular formula is C13H13N3O5. The number of β-amino-alcohol motifs (C(OH)–C–C–N with tert-alkyl or cyclic N) is 1. The third-order valence-electron chi connectivity index (χ3n) is 3.36. The third-order valence-corrected chi connectivity index (χ3v) is 3.36. The summed E-state index contributed by atoms with van der Waals surface area (Å²) in [5.74, 6) is -1.23. The quantitative estimate of drug-likeness (QED) is 0.471. The number of aliphatic hydroxyl groups excluding tert-OH is 1. The second-order valence-electron chi connectivity index (χ2n) is 4.36. The smallest absolute Gasteiger partial charge is 0.323 e. The zero-order chi connectivity index (χ0) is 15.6. The average molecular weight is 291 g/mol. The molecule has 110 valence electrons. The van der Waals surface area contributed by atoms with Gasteiger partial charge in [0, 0.05) is 12.1 Å². The molecule has 0 bridgehead atoms. The van der Waals surface area contributed by atoms with Gasteiger partial charge in [-0.05, 0) is 6.07 Å². The molecule has 2 aliphatic heterocycles. The average Bonchev–Trinajstić information content (AvgIpc) is 2.92. The van der Waals surface area contributed by atoms with E-state index in [1.165, 1.54) is 4.90 Å². The van der Waals surface area contributed by atoms with Gasteiger partial charge in [0.2, 0.25) is 5.54 Å². The van der Waals surface area contributed by atoms with Crippen LogP contribution in [0, 0.1) is 0 Å². The number of nitrogens with zero attached hydrogens (tertiary/aromatic N) is 1. The fraction of sp³-hybridized carbons (Fsp3) is 0.231. The Morgan fingerprint density at radius 1 is 1.19 bits per heavy atom. The lowest BCUT2D eigenvalue weighted by atomic mass is 9.92. The van der Waals surface area contributed by atoms with Crippen LogP contribution in [0.2, 0.25) is 0 Å². The number of aliphatic hydroxyl groups is 1. The Labute approximate surface area is 119 Å². The van der Waals surface area contributed by atoms with Crippen molar-refractivity contribution in [2.24, 2.45) is 0 Å². The van der Waals surface area contributed by atoms with E-state index >= 15 is 0 Å². The number of nitrogens with one attached hydrogen (secondary N) is 2. The van der Waals surface area contributed by atoms with Crippen molar-refractivity contribution in [3.63, 3.8) is 0 Å². The largest absolute Gasteiger partial charge is 0.395 e. The molecule has 2 aliphatic rings. The van der Waals surface area contributed by atoms with Crippen LogP contribution in [0.1, 0.15) is 5.56 Å². The molecule has 1 atom stereocenters. The fourth-order valence-electron chi connectivity index (χ4n) is 2.57. The first kappa shape index (κ1) is 14.7. The molecule has 21 heavy (non-hydrogen) atoms. The molecule has 8 heteroatoms. The van der Waals surface area contributed by atoms with Crippen molar-refractivity contribution in [2.45, 2.75) is 5.54 Å². The number of para-hydroxylation sites is 1. The zero-order valence-corrected chi connectivity index (χ0v) is 11.0. The monoisotopic (exact) mass is 291 g/mol. The van der Waals surface area contributed by atoms with Crippen molar-refractivity contribution < 1.29 is 24.3 Å². The van der Waals surface area contributed by atoms with Gasteiger partial charge >= 0.3 is 6.03 Å². The number of hydrogen-bond acceptors (Lipinski definition) is 5. The molecule has 1 unspecified atom stereocenters. The Hall–Kier alpha value is -2.74. The van der Waals surface area contributed by atoms with Gasteiger partial charge in [-0.3, -0.25) is 14.9 Å². The standard InChI is InChI=1S/C12H11N3O4.CH2O/c16-6-5-15-8-4-2-1-3-7(8)12(10(15)18)9(17)13-11(19)14-12;1-2/h1-4,16H,5-6H2,(H2,13,14,17,19);1H2. The molecule has 2 heterocycles. The van der Waals surface area contributed by atoms with Gasteiger partial charge in [-0.25, -0.2) is 4.79 Å². The molecule has 1 aromatic carbocycles. The number of imide groups is 1. The van der Waals surface area contributed by atoms with E-state index in [0.29, 0.717) is 11.3 Å². The van der Waals surface area contributed by atoms with Crippen LogP contribution in [0.15, 0.2) is 24.3 Å². The van der Waals surface area contributed by atoms with E-state index in [2.05, 4.69) is 10.6 Å². The number of benzene rings is 1. The summed E-state index contributed by atoms with van der Waals surface area (Å²) >= 11 is 0. The molecule has 0 aromatic heterocycles. The summed E-state index contributed by atoms with van der Waals surface area (Å²) in [4.78, 5) is 45.2. The Morgan fingerprint density at radius 2 is 1.86 bits per heavy atom. The highest BCUT2D eigenvalue weighted by Gasteiger charge is 2.60. The van der Waals surface area contributed by atoms with Crippen molar-refractivity contribution >= 4 is 30.3 Å². The predicted octanol–water partition coefficient (Wildman–Crippen LogP) is -1.12. The van der Waals surface area contributed by atoms with Crippen LogP contribution in [0.3, 0.4) is 0 Å². The topological polar surface area (TPSA) is 116 Å². The van der Waals surface area contributed by atoms with Crippen molar-refractivity contribution in [2.75, 3.05) is 18.1 Å². The SMILES string of the molecule is C=O.O=C1NC(=O)C2(N1)C(=O)N(CCO)c1ccccc12. The first-order chi connectivity index (χ1) is 10.1. The summed E-state index contributed by atoms with van der Waals surface area (Å²) in [5.41, 5.74) is -0.737. The Balaban J connectivity index is 0.000000774. The van der Waals surface area contributed by atoms with Gasteiger partial charge in [0.15, 0.2) is 0 Å². The summed E-state index contributed by atoms with van der Waals surface area (Å²) in [7, 11) is 0. The number of amides is 4. The number of rotatable bonds is 2. The number of hydrogen-bond donors (Lipinski definition) is 3. The number of carbonyl (C=O) groups excluding carboxylic acids is 4. The third kappa shape index (κ3) is 1.88. The Bertz CT molecular complexity index is 618. The van der Waals surface area contributed by atoms with Gasteiger partial charge in [0.05, 0.1) is 12.3 Å². The highest BCUT2D eigenvalue weighted by molar-refractivity contribution is 6.27. The highest BCUT2D eigenvalue weighted by Crippen LogP contribution is 2.41. The molecular weight excluding hydrogens is 278 g/mol.